The molecule has 2 aromatic rings. The number of rotatable bonds is 4. The molecule has 3 heteroatoms. The maximum absolute atomic E-state index is 8.09. The van der Waals surface area contributed by atoms with Crippen LogP contribution in [0.25, 0.3) is 11.1 Å². The summed E-state index contributed by atoms with van der Waals surface area (Å²) < 4.78 is 4.63. The van der Waals surface area contributed by atoms with Crippen molar-refractivity contribution in [2.24, 2.45) is 0 Å². The number of hydrogen-bond acceptors (Lipinski definition) is 3. The Hall–Kier alpha value is -1.68. The SMILES string of the molecule is Cc1ccc2c(c1C)Cc1ccccc1-2.OCCOCCO. The zero-order chi connectivity index (χ0) is 15.9. The Kier molecular flexibility index (Phi) is 6.13. The van der Waals surface area contributed by atoms with Gasteiger partial charge in [-0.05, 0) is 53.6 Å². The quantitative estimate of drug-likeness (QED) is 0.728. The molecular weight excluding hydrogens is 276 g/mol. The van der Waals surface area contributed by atoms with Gasteiger partial charge in [-0.1, -0.05) is 36.4 Å². The van der Waals surface area contributed by atoms with Crippen molar-refractivity contribution in [1.82, 2.24) is 0 Å². The Labute approximate surface area is 132 Å². The van der Waals surface area contributed by atoms with E-state index in [0.29, 0.717) is 13.2 Å². The number of aliphatic hydroxyl groups excluding tert-OH is 2. The smallest absolute Gasteiger partial charge is 0.0698 e. The van der Waals surface area contributed by atoms with Crippen molar-refractivity contribution in [1.29, 1.82) is 0 Å². The van der Waals surface area contributed by atoms with Crippen LogP contribution in [0.1, 0.15) is 22.3 Å². The summed E-state index contributed by atoms with van der Waals surface area (Å²) in [6.07, 6.45) is 1.11. The van der Waals surface area contributed by atoms with Crippen LogP contribution in [0.15, 0.2) is 36.4 Å². The molecule has 2 N–H and O–H groups in total. The minimum absolute atomic E-state index is 0.0278. The van der Waals surface area contributed by atoms with Crippen molar-refractivity contribution >= 4 is 0 Å². The summed E-state index contributed by atoms with van der Waals surface area (Å²) in [5.41, 5.74) is 8.73. The van der Waals surface area contributed by atoms with Crippen LogP contribution in [0.2, 0.25) is 0 Å². The number of ether oxygens (including phenoxy) is 1. The highest BCUT2D eigenvalue weighted by Crippen LogP contribution is 2.38. The molecule has 0 atom stereocenters. The molecule has 1 aliphatic carbocycles. The van der Waals surface area contributed by atoms with Crippen LogP contribution in [0.4, 0.5) is 0 Å². The normalized spacial score (nSPS) is 11.5. The Morgan fingerprint density at radius 2 is 1.59 bits per heavy atom. The van der Waals surface area contributed by atoms with E-state index in [4.69, 9.17) is 10.2 Å². The third-order valence-electron chi connectivity index (χ3n) is 4.02. The number of hydrogen-bond donors (Lipinski definition) is 2. The molecule has 0 aromatic heterocycles. The average Bonchev–Trinajstić information content (AvgIpc) is 2.92. The molecule has 1 aliphatic rings. The Morgan fingerprint density at radius 1 is 0.909 bits per heavy atom. The van der Waals surface area contributed by atoms with E-state index < -0.39 is 0 Å². The van der Waals surface area contributed by atoms with E-state index in [1.165, 1.54) is 33.4 Å². The molecule has 0 saturated carbocycles. The zero-order valence-corrected chi connectivity index (χ0v) is 13.3. The molecule has 0 fully saturated rings. The monoisotopic (exact) mass is 300 g/mol. The lowest BCUT2D eigenvalue weighted by Crippen LogP contribution is -2.03. The first-order valence-corrected chi connectivity index (χ1v) is 7.65. The van der Waals surface area contributed by atoms with Gasteiger partial charge >= 0.3 is 0 Å². The second kappa shape index (κ2) is 8.08. The van der Waals surface area contributed by atoms with E-state index in [9.17, 15) is 0 Å². The molecule has 0 heterocycles. The molecule has 0 radical (unpaired) electrons. The van der Waals surface area contributed by atoms with E-state index in [1.807, 2.05) is 0 Å². The third kappa shape index (κ3) is 3.74. The number of benzene rings is 2. The van der Waals surface area contributed by atoms with Crippen LogP contribution in [0.3, 0.4) is 0 Å². The van der Waals surface area contributed by atoms with Gasteiger partial charge in [-0.3, -0.25) is 0 Å². The molecule has 0 spiro atoms. The summed E-state index contributed by atoms with van der Waals surface area (Å²) >= 11 is 0. The largest absolute Gasteiger partial charge is 0.394 e. The molecule has 0 bridgehead atoms. The predicted octanol–water partition coefficient (Wildman–Crippen LogP) is 2.86. The van der Waals surface area contributed by atoms with E-state index in [1.54, 1.807) is 0 Å². The fourth-order valence-corrected chi connectivity index (χ4v) is 2.71. The summed E-state index contributed by atoms with van der Waals surface area (Å²) in [5, 5.41) is 16.2. The summed E-state index contributed by atoms with van der Waals surface area (Å²) in [6.45, 7) is 5.12. The highest BCUT2D eigenvalue weighted by atomic mass is 16.5. The minimum atomic E-state index is 0.0278. The molecule has 22 heavy (non-hydrogen) atoms. The van der Waals surface area contributed by atoms with Gasteiger partial charge in [0.2, 0.25) is 0 Å². The predicted molar refractivity (Wildman–Crippen MR) is 89.1 cm³/mol. The van der Waals surface area contributed by atoms with Crippen LogP contribution >= 0.6 is 0 Å². The first kappa shape index (κ1) is 16.7. The van der Waals surface area contributed by atoms with E-state index in [0.717, 1.165) is 6.42 Å². The van der Waals surface area contributed by atoms with Crippen LogP contribution in [-0.2, 0) is 11.2 Å². The van der Waals surface area contributed by atoms with Gasteiger partial charge in [0.15, 0.2) is 0 Å². The van der Waals surface area contributed by atoms with E-state index in [2.05, 4.69) is 55.0 Å². The lowest BCUT2D eigenvalue weighted by molar-refractivity contribution is 0.0650. The van der Waals surface area contributed by atoms with Gasteiger partial charge in [0.1, 0.15) is 0 Å². The van der Waals surface area contributed by atoms with Gasteiger partial charge in [0.05, 0.1) is 26.4 Å². The number of aryl methyl sites for hydroxylation is 1. The Morgan fingerprint density at radius 3 is 2.27 bits per heavy atom. The maximum Gasteiger partial charge on any atom is 0.0698 e. The van der Waals surface area contributed by atoms with Crippen LogP contribution in [0.5, 0.6) is 0 Å². The Bertz CT molecular complexity index is 616. The number of aliphatic hydroxyl groups is 2. The molecule has 0 saturated heterocycles. The first-order chi connectivity index (χ1) is 10.7. The maximum atomic E-state index is 8.09. The fraction of sp³-hybridized carbons (Fsp3) is 0.368. The summed E-state index contributed by atoms with van der Waals surface area (Å²) in [7, 11) is 0. The molecule has 3 rings (SSSR count). The van der Waals surface area contributed by atoms with Crippen molar-refractivity contribution in [3.05, 3.63) is 58.7 Å². The van der Waals surface area contributed by atoms with Crippen molar-refractivity contribution in [3.8, 4) is 11.1 Å². The van der Waals surface area contributed by atoms with Crippen LogP contribution < -0.4 is 0 Å². The van der Waals surface area contributed by atoms with Gasteiger partial charge in [0.25, 0.3) is 0 Å². The second-order valence-corrected chi connectivity index (χ2v) is 5.43. The first-order valence-electron chi connectivity index (χ1n) is 7.65. The van der Waals surface area contributed by atoms with Crippen molar-refractivity contribution in [2.75, 3.05) is 26.4 Å². The van der Waals surface area contributed by atoms with Crippen LogP contribution in [-0.4, -0.2) is 36.6 Å². The van der Waals surface area contributed by atoms with Gasteiger partial charge in [-0.15, -0.1) is 0 Å². The molecule has 0 aliphatic heterocycles. The highest BCUT2D eigenvalue weighted by Gasteiger charge is 2.19. The lowest BCUT2D eigenvalue weighted by Gasteiger charge is -2.06. The molecule has 118 valence electrons. The lowest BCUT2D eigenvalue weighted by atomic mass is 9.98. The summed E-state index contributed by atoms with van der Waals surface area (Å²) in [6, 6.07) is 13.2. The molecule has 3 nitrogen and oxygen atoms in total. The molecule has 0 unspecified atom stereocenters. The standard InChI is InChI=1S/C15H14.C4H10O3/c1-10-7-8-14-13-6-4-3-5-12(13)9-15(14)11(10)2;5-1-3-7-4-2-6/h3-8H,9H2,1-2H3;5-6H,1-4H2. The van der Waals surface area contributed by atoms with Gasteiger partial charge in [-0.2, -0.15) is 0 Å². The topological polar surface area (TPSA) is 49.7 Å². The van der Waals surface area contributed by atoms with Crippen molar-refractivity contribution < 1.29 is 14.9 Å². The molecule has 0 amide bonds. The summed E-state index contributed by atoms with van der Waals surface area (Å²) in [5.74, 6) is 0. The zero-order valence-electron chi connectivity index (χ0n) is 13.3. The van der Waals surface area contributed by atoms with Crippen LogP contribution in [0, 0.1) is 13.8 Å². The van der Waals surface area contributed by atoms with E-state index >= 15 is 0 Å². The van der Waals surface area contributed by atoms with Crippen molar-refractivity contribution in [2.45, 2.75) is 20.3 Å². The fourth-order valence-electron chi connectivity index (χ4n) is 2.71. The van der Waals surface area contributed by atoms with E-state index in [-0.39, 0.29) is 13.2 Å². The van der Waals surface area contributed by atoms with Gasteiger partial charge < -0.3 is 14.9 Å². The summed E-state index contributed by atoms with van der Waals surface area (Å²) in [4.78, 5) is 0. The van der Waals surface area contributed by atoms with Gasteiger partial charge in [-0.25, -0.2) is 0 Å². The highest BCUT2D eigenvalue weighted by molar-refractivity contribution is 5.78. The molecular formula is C19H24O3. The van der Waals surface area contributed by atoms with Crippen molar-refractivity contribution in [3.63, 3.8) is 0 Å². The average molecular weight is 300 g/mol. The third-order valence-corrected chi connectivity index (χ3v) is 4.02. The Balaban J connectivity index is 0.000000217. The molecule has 2 aromatic carbocycles. The minimum Gasteiger partial charge on any atom is -0.394 e. The van der Waals surface area contributed by atoms with Gasteiger partial charge in [0, 0.05) is 0 Å². The second-order valence-electron chi connectivity index (χ2n) is 5.43. The number of fused-ring (bicyclic) bond motifs is 3.